The smallest absolute Gasteiger partial charge is 0.341 e. The molecular weight excluding hydrogens is 349 g/mol. The zero-order valence-electron chi connectivity index (χ0n) is 15.2. The van der Waals surface area contributed by atoms with Gasteiger partial charge < -0.3 is 20.3 Å². The lowest BCUT2D eigenvalue weighted by Gasteiger charge is -2.23. The Kier molecular flexibility index (Phi) is 3.30. The van der Waals surface area contributed by atoms with Crippen LogP contribution in [0.1, 0.15) is 47.6 Å². The number of aryl methyl sites for hydroxylation is 1. The van der Waals surface area contributed by atoms with Gasteiger partial charge in [0.1, 0.15) is 11.4 Å². The third kappa shape index (κ3) is 2.34. The van der Waals surface area contributed by atoms with Crippen molar-refractivity contribution in [1.29, 1.82) is 0 Å². The van der Waals surface area contributed by atoms with Gasteiger partial charge in [0.05, 0.1) is 16.6 Å². The van der Waals surface area contributed by atoms with E-state index in [9.17, 15) is 14.7 Å². The second-order valence-electron chi connectivity index (χ2n) is 8.39. The van der Waals surface area contributed by atoms with Crippen molar-refractivity contribution in [2.24, 2.45) is 11.1 Å². The van der Waals surface area contributed by atoms with Gasteiger partial charge in [-0.3, -0.25) is 4.79 Å². The van der Waals surface area contributed by atoms with Crippen LogP contribution in [0.5, 0.6) is 0 Å². The predicted octanol–water partition coefficient (Wildman–Crippen LogP) is 2.41. The van der Waals surface area contributed by atoms with Crippen molar-refractivity contribution < 1.29 is 14.3 Å². The largest absolute Gasteiger partial charge is 0.477 e. The number of rotatable bonds is 3. The van der Waals surface area contributed by atoms with Crippen LogP contribution in [0.3, 0.4) is 0 Å². The Morgan fingerprint density at radius 1 is 1.37 bits per heavy atom. The monoisotopic (exact) mass is 371 g/mol. The number of fused-ring (bicyclic) bond motifs is 1. The van der Waals surface area contributed by atoms with E-state index in [1.807, 2.05) is 9.47 Å². The molecule has 0 radical (unpaired) electrons. The first-order valence-electron chi connectivity index (χ1n) is 9.44. The first-order valence-corrected chi connectivity index (χ1v) is 9.44. The van der Waals surface area contributed by atoms with Crippen LogP contribution in [0.4, 0.5) is 10.1 Å². The maximum atomic E-state index is 15.3. The fourth-order valence-electron chi connectivity index (χ4n) is 4.55. The predicted molar refractivity (Wildman–Crippen MR) is 100.0 cm³/mol. The van der Waals surface area contributed by atoms with E-state index in [4.69, 9.17) is 5.73 Å². The van der Waals surface area contributed by atoms with Gasteiger partial charge in [0, 0.05) is 42.3 Å². The number of benzene rings is 1. The average molecular weight is 371 g/mol. The number of hydrogen-bond acceptors (Lipinski definition) is 4. The maximum Gasteiger partial charge on any atom is 0.341 e. The Morgan fingerprint density at radius 3 is 2.63 bits per heavy atom. The molecule has 2 saturated carbocycles. The standard InChI is InChI=1S/C20H22FN3O3/c1-10-16-13(24(11-2-3-11)7-12(18(16)25)19(26)27)6-14(17(10)21)23-8-15(22)20(9-23)4-5-20/h6-7,11,15H,2-5,8-9,22H2,1H3,(H,26,27)/t15-/m1/s1. The van der Waals surface area contributed by atoms with Crippen LogP contribution in [-0.4, -0.2) is 34.8 Å². The third-order valence-corrected chi connectivity index (χ3v) is 6.59. The Bertz CT molecular complexity index is 1050. The second-order valence-corrected chi connectivity index (χ2v) is 8.39. The SMILES string of the molecule is Cc1c(F)c(N2C[C@@H](N)C3(CC3)C2)cc2c1c(=O)c(C(=O)O)cn2C1CC1. The van der Waals surface area contributed by atoms with E-state index in [-0.39, 0.29) is 34.0 Å². The summed E-state index contributed by atoms with van der Waals surface area (Å²) < 4.78 is 17.1. The van der Waals surface area contributed by atoms with Gasteiger partial charge in [-0.1, -0.05) is 0 Å². The topological polar surface area (TPSA) is 88.6 Å². The van der Waals surface area contributed by atoms with E-state index < -0.39 is 17.2 Å². The highest BCUT2D eigenvalue weighted by Gasteiger charge is 2.53. The molecule has 0 unspecified atom stereocenters. The molecule has 2 aliphatic carbocycles. The summed E-state index contributed by atoms with van der Waals surface area (Å²) in [5, 5.41) is 9.58. The second kappa shape index (κ2) is 5.32. The van der Waals surface area contributed by atoms with Crippen molar-refractivity contribution in [1.82, 2.24) is 4.57 Å². The van der Waals surface area contributed by atoms with Crippen LogP contribution >= 0.6 is 0 Å². The average Bonchev–Trinajstić information content (AvgIpc) is 3.51. The molecule has 1 aromatic heterocycles. The fraction of sp³-hybridized carbons (Fsp3) is 0.500. The molecule has 0 amide bonds. The van der Waals surface area contributed by atoms with Crippen molar-refractivity contribution in [2.75, 3.05) is 18.0 Å². The Labute approximate surface area is 155 Å². The lowest BCUT2D eigenvalue weighted by molar-refractivity contribution is 0.0695. The maximum absolute atomic E-state index is 15.3. The number of carboxylic acid groups (broad SMARTS) is 1. The van der Waals surface area contributed by atoms with E-state index >= 15 is 4.39 Å². The first kappa shape index (κ1) is 16.7. The number of carboxylic acids is 1. The van der Waals surface area contributed by atoms with Gasteiger partial charge in [0.2, 0.25) is 5.43 Å². The van der Waals surface area contributed by atoms with E-state index in [0.717, 1.165) is 32.2 Å². The molecule has 2 heterocycles. The molecule has 7 heteroatoms. The summed E-state index contributed by atoms with van der Waals surface area (Å²) in [5.74, 6) is -1.73. The number of nitrogens with zero attached hydrogens (tertiary/aromatic N) is 2. The first-order chi connectivity index (χ1) is 12.8. The van der Waals surface area contributed by atoms with Gasteiger partial charge in [0.15, 0.2) is 0 Å². The number of hydrogen-bond donors (Lipinski definition) is 2. The normalized spacial score (nSPS) is 23.4. The van der Waals surface area contributed by atoms with Crippen LogP contribution in [0.15, 0.2) is 17.1 Å². The lowest BCUT2D eigenvalue weighted by atomic mass is 10.0. The van der Waals surface area contributed by atoms with E-state index in [0.29, 0.717) is 17.7 Å². The number of nitrogens with two attached hydrogens (primary N) is 1. The number of carbonyl (C=O) groups is 1. The van der Waals surface area contributed by atoms with Gasteiger partial charge in [-0.15, -0.1) is 0 Å². The van der Waals surface area contributed by atoms with Crippen molar-refractivity contribution in [3.05, 3.63) is 39.4 Å². The molecule has 2 aromatic rings. The van der Waals surface area contributed by atoms with Crippen molar-refractivity contribution in [2.45, 2.75) is 44.7 Å². The molecule has 0 bridgehead atoms. The van der Waals surface area contributed by atoms with E-state index in [2.05, 4.69) is 0 Å². The molecule has 6 nitrogen and oxygen atoms in total. The minimum Gasteiger partial charge on any atom is -0.477 e. The number of anilines is 1. The Morgan fingerprint density at radius 2 is 2.07 bits per heavy atom. The highest BCUT2D eigenvalue weighted by atomic mass is 19.1. The summed E-state index contributed by atoms with van der Waals surface area (Å²) in [6.07, 6.45) is 5.44. The zero-order valence-corrected chi connectivity index (χ0v) is 15.2. The van der Waals surface area contributed by atoms with Crippen LogP contribution in [0.25, 0.3) is 10.9 Å². The van der Waals surface area contributed by atoms with E-state index in [1.54, 1.807) is 13.0 Å². The van der Waals surface area contributed by atoms with Crippen molar-refractivity contribution >= 4 is 22.6 Å². The van der Waals surface area contributed by atoms with Crippen molar-refractivity contribution in [3.8, 4) is 0 Å². The molecule has 1 atom stereocenters. The highest BCUT2D eigenvalue weighted by molar-refractivity contribution is 5.95. The number of pyridine rings is 1. The molecule has 3 aliphatic rings. The molecule has 3 fully saturated rings. The highest BCUT2D eigenvalue weighted by Crippen LogP contribution is 2.53. The van der Waals surface area contributed by atoms with Gasteiger partial charge in [-0.05, 0) is 38.7 Å². The Hall–Kier alpha value is -2.41. The summed E-state index contributed by atoms with van der Waals surface area (Å²) >= 11 is 0. The molecule has 3 N–H and O–H groups in total. The molecular formula is C20H22FN3O3. The molecule has 1 saturated heterocycles. The number of aromatic nitrogens is 1. The number of aromatic carboxylic acids is 1. The van der Waals surface area contributed by atoms with Gasteiger partial charge >= 0.3 is 5.97 Å². The summed E-state index contributed by atoms with van der Waals surface area (Å²) in [4.78, 5) is 26.3. The van der Waals surface area contributed by atoms with Crippen LogP contribution in [0.2, 0.25) is 0 Å². The zero-order chi connectivity index (χ0) is 19.1. The molecule has 142 valence electrons. The summed E-state index contributed by atoms with van der Waals surface area (Å²) in [5.41, 5.74) is 6.78. The van der Waals surface area contributed by atoms with Gasteiger partial charge in [0.25, 0.3) is 0 Å². The number of halogens is 1. The van der Waals surface area contributed by atoms with E-state index in [1.165, 1.54) is 6.20 Å². The quantitative estimate of drug-likeness (QED) is 0.865. The van der Waals surface area contributed by atoms with Crippen molar-refractivity contribution in [3.63, 3.8) is 0 Å². The molecule has 27 heavy (non-hydrogen) atoms. The Balaban J connectivity index is 1.75. The lowest BCUT2D eigenvalue weighted by Crippen LogP contribution is -2.30. The summed E-state index contributed by atoms with van der Waals surface area (Å²) in [7, 11) is 0. The summed E-state index contributed by atoms with van der Waals surface area (Å²) in [6.45, 7) is 2.90. The van der Waals surface area contributed by atoms with Crippen LogP contribution < -0.4 is 16.1 Å². The third-order valence-electron chi connectivity index (χ3n) is 6.59. The molecule has 1 aliphatic heterocycles. The molecule has 5 rings (SSSR count). The van der Waals surface area contributed by atoms with Crippen LogP contribution in [-0.2, 0) is 0 Å². The minimum absolute atomic E-state index is 0.0351. The minimum atomic E-state index is -1.28. The van der Waals surface area contributed by atoms with Crippen LogP contribution in [0, 0.1) is 18.2 Å². The fourth-order valence-corrected chi connectivity index (χ4v) is 4.55. The summed E-state index contributed by atoms with van der Waals surface area (Å²) in [6, 6.07) is 1.92. The molecule has 1 spiro atoms. The van der Waals surface area contributed by atoms with Gasteiger partial charge in [-0.2, -0.15) is 0 Å². The van der Waals surface area contributed by atoms with Gasteiger partial charge in [-0.25, -0.2) is 9.18 Å². The molecule has 1 aromatic carbocycles.